The summed E-state index contributed by atoms with van der Waals surface area (Å²) in [4.78, 5) is 28.1. The molecular weight excluding hydrogens is 444 g/mol. The Kier molecular flexibility index (Phi) is 7.01. The summed E-state index contributed by atoms with van der Waals surface area (Å²) in [6.07, 6.45) is 1.48. The molecule has 1 aliphatic rings. The number of ether oxygens (including phenoxy) is 2. The van der Waals surface area contributed by atoms with Crippen molar-refractivity contribution in [1.29, 1.82) is 0 Å². The number of nitrogens with zero attached hydrogens (tertiary/aromatic N) is 4. The van der Waals surface area contributed by atoms with E-state index in [0.29, 0.717) is 60.2 Å². The minimum Gasteiger partial charge on any atom is -0.495 e. The van der Waals surface area contributed by atoms with Crippen LogP contribution in [0, 0.1) is 0 Å². The summed E-state index contributed by atoms with van der Waals surface area (Å²) in [5.74, 6) is 1.24. The first-order chi connectivity index (χ1) is 16.0. The third kappa shape index (κ3) is 5.76. The number of morpholine rings is 1. The van der Waals surface area contributed by atoms with Crippen molar-refractivity contribution in [2.45, 2.75) is 0 Å². The van der Waals surface area contributed by atoms with Crippen LogP contribution in [0.4, 0.5) is 17.5 Å². The minimum atomic E-state index is -0.401. The Balaban J connectivity index is 1.58. The molecule has 170 valence electrons. The van der Waals surface area contributed by atoms with E-state index in [1.165, 1.54) is 13.3 Å². The van der Waals surface area contributed by atoms with Crippen molar-refractivity contribution in [3.8, 4) is 5.75 Å². The van der Waals surface area contributed by atoms with Crippen LogP contribution in [0.15, 0.2) is 55.2 Å². The Morgan fingerprint density at radius 2 is 1.88 bits per heavy atom. The van der Waals surface area contributed by atoms with Crippen LogP contribution in [0.25, 0.3) is 5.70 Å². The number of aromatic nitrogens is 3. The van der Waals surface area contributed by atoms with Crippen molar-refractivity contribution in [3.05, 3.63) is 71.7 Å². The smallest absolute Gasteiger partial charge is 0.274 e. The van der Waals surface area contributed by atoms with E-state index in [2.05, 4.69) is 32.2 Å². The summed E-state index contributed by atoms with van der Waals surface area (Å²) in [5.41, 5.74) is 1.85. The van der Waals surface area contributed by atoms with E-state index in [9.17, 15) is 4.79 Å². The fourth-order valence-electron chi connectivity index (χ4n) is 3.14. The lowest BCUT2D eigenvalue weighted by molar-refractivity contribution is 0.0969. The SMILES string of the molecule is C=C(NC(=O)c1ccc(OC)cn1)c1cc(Nc2ccc(Cl)cc2)nc(N2CCOCC2)n1. The molecule has 0 radical (unpaired) electrons. The zero-order chi connectivity index (χ0) is 23.2. The number of hydrogen-bond acceptors (Lipinski definition) is 8. The number of carbonyl (C=O) groups is 1. The van der Waals surface area contributed by atoms with Gasteiger partial charge in [0.2, 0.25) is 5.95 Å². The van der Waals surface area contributed by atoms with Crippen LogP contribution in [-0.4, -0.2) is 54.3 Å². The van der Waals surface area contributed by atoms with E-state index in [1.807, 2.05) is 17.0 Å². The molecular formula is C23H23ClN6O3. The highest BCUT2D eigenvalue weighted by atomic mass is 35.5. The molecule has 0 bridgehead atoms. The summed E-state index contributed by atoms with van der Waals surface area (Å²) >= 11 is 5.99. The summed E-state index contributed by atoms with van der Waals surface area (Å²) in [6.45, 7) is 6.52. The third-order valence-corrected chi connectivity index (χ3v) is 5.16. The Bertz CT molecular complexity index is 1130. The minimum absolute atomic E-state index is 0.235. The number of methoxy groups -OCH3 is 1. The van der Waals surface area contributed by atoms with Gasteiger partial charge in [0.15, 0.2) is 0 Å². The van der Waals surface area contributed by atoms with Gasteiger partial charge in [-0.25, -0.2) is 9.97 Å². The average Bonchev–Trinajstić information content (AvgIpc) is 2.86. The standard InChI is InChI=1S/C23H23ClN6O3/c1-15(26-22(31)19-8-7-18(32-2)14-25-19)20-13-21(27-17-5-3-16(24)4-6-17)29-23(28-20)30-9-11-33-12-10-30/h3-8,13-14H,1,9-12H2,2H3,(H,26,31)(H,27,28,29). The Hall–Kier alpha value is -3.69. The van der Waals surface area contributed by atoms with Crippen LogP contribution < -0.4 is 20.3 Å². The first-order valence-corrected chi connectivity index (χ1v) is 10.6. The number of anilines is 3. The molecule has 3 aromatic rings. The molecule has 10 heteroatoms. The largest absolute Gasteiger partial charge is 0.495 e. The lowest BCUT2D eigenvalue weighted by Gasteiger charge is -2.27. The molecule has 0 unspecified atom stereocenters. The van der Waals surface area contributed by atoms with Gasteiger partial charge in [0.05, 0.1) is 37.9 Å². The van der Waals surface area contributed by atoms with Crippen LogP contribution in [-0.2, 0) is 4.74 Å². The number of amides is 1. The fraction of sp³-hybridized carbons (Fsp3) is 0.217. The molecule has 1 saturated heterocycles. The van der Waals surface area contributed by atoms with Crippen LogP contribution in [0.2, 0.25) is 5.02 Å². The van der Waals surface area contributed by atoms with Crippen molar-refractivity contribution in [1.82, 2.24) is 20.3 Å². The molecule has 4 rings (SSSR count). The highest BCUT2D eigenvalue weighted by Crippen LogP contribution is 2.23. The molecule has 33 heavy (non-hydrogen) atoms. The molecule has 1 aromatic carbocycles. The normalized spacial score (nSPS) is 13.3. The van der Waals surface area contributed by atoms with Crippen LogP contribution in [0.1, 0.15) is 16.2 Å². The van der Waals surface area contributed by atoms with E-state index >= 15 is 0 Å². The monoisotopic (exact) mass is 466 g/mol. The zero-order valence-corrected chi connectivity index (χ0v) is 18.8. The van der Waals surface area contributed by atoms with Gasteiger partial charge in [-0.05, 0) is 36.4 Å². The molecule has 0 aliphatic carbocycles. The summed E-state index contributed by atoms with van der Waals surface area (Å²) < 4.78 is 10.5. The van der Waals surface area contributed by atoms with E-state index in [0.717, 1.165) is 5.69 Å². The summed E-state index contributed by atoms with van der Waals surface area (Å²) in [7, 11) is 1.54. The summed E-state index contributed by atoms with van der Waals surface area (Å²) in [5, 5.41) is 6.66. The van der Waals surface area contributed by atoms with Crippen molar-refractivity contribution in [2.24, 2.45) is 0 Å². The number of halogens is 1. The summed E-state index contributed by atoms with van der Waals surface area (Å²) in [6, 6.07) is 12.2. The second-order valence-electron chi connectivity index (χ2n) is 7.19. The number of carbonyl (C=O) groups excluding carboxylic acids is 1. The molecule has 1 amide bonds. The van der Waals surface area contributed by atoms with E-state index in [-0.39, 0.29) is 5.69 Å². The Labute approximate surface area is 196 Å². The number of hydrogen-bond donors (Lipinski definition) is 2. The van der Waals surface area contributed by atoms with Gasteiger partial charge in [-0.3, -0.25) is 4.79 Å². The lowest BCUT2D eigenvalue weighted by atomic mass is 10.2. The fourth-order valence-corrected chi connectivity index (χ4v) is 3.27. The van der Waals surface area contributed by atoms with Crippen molar-refractivity contribution < 1.29 is 14.3 Å². The highest BCUT2D eigenvalue weighted by Gasteiger charge is 2.18. The van der Waals surface area contributed by atoms with E-state index in [4.69, 9.17) is 21.1 Å². The number of pyridine rings is 1. The predicted octanol–water partition coefficient (Wildman–Crippen LogP) is 3.51. The van der Waals surface area contributed by atoms with Crippen molar-refractivity contribution in [2.75, 3.05) is 43.6 Å². The number of rotatable bonds is 7. The second-order valence-corrected chi connectivity index (χ2v) is 7.62. The first-order valence-electron chi connectivity index (χ1n) is 10.3. The van der Waals surface area contributed by atoms with Gasteiger partial charge >= 0.3 is 0 Å². The molecule has 1 aliphatic heterocycles. The Morgan fingerprint density at radius 3 is 2.55 bits per heavy atom. The van der Waals surface area contributed by atoms with Gasteiger partial charge in [0, 0.05) is 29.9 Å². The third-order valence-electron chi connectivity index (χ3n) is 4.90. The quantitative estimate of drug-likeness (QED) is 0.545. The molecule has 0 saturated carbocycles. The van der Waals surface area contributed by atoms with E-state index < -0.39 is 5.91 Å². The predicted molar refractivity (Wildman–Crippen MR) is 127 cm³/mol. The van der Waals surface area contributed by atoms with Crippen molar-refractivity contribution in [3.63, 3.8) is 0 Å². The van der Waals surface area contributed by atoms with Gasteiger partial charge in [-0.15, -0.1) is 0 Å². The molecule has 3 heterocycles. The molecule has 0 atom stereocenters. The van der Waals surface area contributed by atoms with Crippen molar-refractivity contribution >= 4 is 40.7 Å². The molecule has 9 nitrogen and oxygen atoms in total. The van der Waals surface area contributed by atoms with Gasteiger partial charge < -0.3 is 25.0 Å². The highest BCUT2D eigenvalue weighted by molar-refractivity contribution is 6.30. The molecule has 2 aromatic heterocycles. The van der Waals surface area contributed by atoms with Crippen LogP contribution in [0.5, 0.6) is 5.75 Å². The Morgan fingerprint density at radius 1 is 1.12 bits per heavy atom. The number of benzene rings is 1. The zero-order valence-electron chi connectivity index (χ0n) is 18.0. The van der Waals surface area contributed by atoms with Gasteiger partial charge in [0.25, 0.3) is 5.91 Å². The first kappa shape index (κ1) is 22.5. The molecule has 0 spiro atoms. The lowest BCUT2D eigenvalue weighted by Crippen LogP contribution is -2.37. The molecule has 1 fully saturated rings. The maximum atomic E-state index is 12.6. The maximum absolute atomic E-state index is 12.6. The average molecular weight is 467 g/mol. The maximum Gasteiger partial charge on any atom is 0.274 e. The number of nitrogens with one attached hydrogen (secondary N) is 2. The van der Waals surface area contributed by atoms with E-state index in [1.54, 1.807) is 30.3 Å². The van der Waals surface area contributed by atoms with Crippen LogP contribution >= 0.6 is 11.6 Å². The van der Waals surface area contributed by atoms with Gasteiger partial charge in [-0.2, -0.15) is 4.98 Å². The van der Waals surface area contributed by atoms with Gasteiger partial charge in [0.1, 0.15) is 17.3 Å². The van der Waals surface area contributed by atoms with Gasteiger partial charge in [-0.1, -0.05) is 18.2 Å². The molecule has 2 N–H and O–H groups in total. The van der Waals surface area contributed by atoms with Crippen LogP contribution in [0.3, 0.4) is 0 Å². The topological polar surface area (TPSA) is 102 Å². The second kappa shape index (κ2) is 10.3.